The Labute approximate surface area is 108 Å². The predicted octanol–water partition coefficient (Wildman–Crippen LogP) is 0.867. The van der Waals surface area contributed by atoms with Crippen molar-refractivity contribution in [2.24, 2.45) is 7.05 Å². The molecule has 0 spiro atoms. The molecular weight excluding hydrogens is 229 g/mol. The first-order valence-electron chi connectivity index (χ1n) is 6.02. The Morgan fingerprint density at radius 1 is 1.22 bits per heavy atom. The Kier molecular flexibility index (Phi) is 2.95. The molecule has 97 valence electrons. The van der Waals surface area contributed by atoms with Gasteiger partial charge in [0.25, 0.3) is 0 Å². The van der Waals surface area contributed by atoms with Crippen molar-refractivity contribution in [3.63, 3.8) is 0 Å². The van der Waals surface area contributed by atoms with Gasteiger partial charge in [-0.05, 0) is 40.2 Å². The van der Waals surface area contributed by atoms with Gasteiger partial charge in [0.15, 0.2) is 0 Å². The molecule has 1 saturated heterocycles. The fourth-order valence-corrected chi connectivity index (χ4v) is 1.87. The fourth-order valence-electron chi connectivity index (χ4n) is 1.87. The van der Waals surface area contributed by atoms with E-state index in [0.717, 1.165) is 5.46 Å². The molecule has 0 saturated carbocycles. The standard InChI is InChI=1S/C13H19BNO3/c1-9-7-11(16)15(6)8-10(9)14-17-12(2,3)13(4,5)18-14/h7-8H,1H2,2-6H3. The SMILES string of the molecule is [CH2]c1cc(=O)n(C)cc1B1OC(C)(C)C(C)(C)O1. The molecule has 1 radical (unpaired) electrons. The van der Waals surface area contributed by atoms with E-state index < -0.39 is 18.3 Å². The largest absolute Gasteiger partial charge is 0.496 e. The van der Waals surface area contributed by atoms with Gasteiger partial charge in [-0.25, -0.2) is 0 Å². The lowest BCUT2D eigenvalue weighted by Crippen LogP contribution is -2.41. The summed E-state index contributed by atoms with van der Waals surface area (Å²) in [7, 11) is 1.23. The highest BCUT2D eigenvalue weighted by molar-refractivity contribution is 6.62. The average Bonchev–Trinajstić information content (AvgIpc) is 2.42. The van der Waals surface area contributed by atoms with Gasteiger partial charge < -0.3 is 13.9 Å². The quantitative estimate of drug-likeness (QED) is 0.692. The third-order valence-corrected chi connectivity index (χ3v) is 3.86. The van der Waals surface area contributed by atoms with Gasteiger partial charge in [0.2, 0.25) is 5.56 Å². The molecule has 1 fully saturated rings. The maximum Gasteiger partial charge on any atom is 0.496 e. The van der Waals surface area contributed by atoms with E-state index in [1.54, 1.807) is 13.2 Å². The monoisotopic (exact) mass is 248 g/mol. The molecule has 1 aromatic heterocycles. The van der Waals surface area contributed by atoms with Gasteiger partial charge in [0, 0.05) is 24.8 Å². The lowest BCUT2D eigenvalue weighted by Gasteiger charge is -2.32. The van der Waals surface area contributed by atoms with E-state index in [9.17, 15) is 4.79 Å². The normalized spacial score (nSPS) is 21.3. The second-order valence-corrected chi connectivity index (χ2v) is 5.79. The van der Waals surface area contributed by atoms with E-state index in [0.29, 0.717) is 5.56 Å². The van der Waals surface area contributed by atoms with E-state index in [1.807, 2.05) is 27.7 Å². The van der Waals surface area contributed by atoms with Crippen LogP contribution in [-0.4, -0.2) is 22.9 Å². The van der Waals surface area contributed by atoms with Gasteiger partial charge in [0.05, 0.1) is 11.2 Å². The highest BCUT2D eigenvalue weighted by Crippen LogP contribution is 2.36. The minimum Gasteiger partial charge on any atom is -0.399 e. The number of pyridine rings is 1. The first-order chi connectivity index (χ1) is 8.14. The summed E-state index contributed by atoms with van der Waals surface area (Å²) < 4.78 is 13.4. The summed E-state index contributed by atoms with van der Waals surface area (Å²) in [4.78, 5) is 11.5. The zero-order valence-electron chi connectivity index (χ0n) is 11.6. The summed E-state index contributed by atoms with van der Waals surface area (Å²) in [5, 5.41) is 0. The van der Waals surface area contributed by atoms with E-state index in [4.69, 9.17) is 9.31 Å². The summed E-state index contributed by atoms with van der Waals surface area (Å²) in [6, 6.07) is 1.50. The van der Waals surface area contributed by atoms with E-state index in [-0.39, 0.29) is 5.56 Å². The van der Waals surface area contributed by atoms with Crippen LogP contribution in [0, 0.1) is 6.92 Å². The van der Waals surface area contributed by atoms with Crippen LogP contribution >= 0.6 is 0 Å². The van der Waals surface area contributed by atoms with Crippen LogP contribution in [0.15, 0.2) is 17.1 Å². The molecule has 2 rings (SSSR count). The summed E-state index contributed by atoms with van der Waals surface area (Å²) in [5.41, 5.74) is 0.588. The Bertz CT molecular complexity index is 518. The minimum atomic E-state index is -0.478. The third kappa shape index (κ3) is 2.02. The van der Waals surface area contributed by atoms with Crippen molar-refractivity contribution >= 4 is 12.6 Å². The number of hydrogen-bond acceptors (Lipinski definition) is 3. The fraction of sp³-hybridized carbons (Fsp3) is 0.538. The molecule has 0 aromatic carbocycles. The van der Waals surface area contributed by atoms with Crippen molar-refractivity contribution in [1.29, 1.82) is 0 Å². The Morgan fingerprint density at radius 3 is 2.22 bits per heavy atom. The number of hydrogen-bond donors (Lipinski definition) is 0. The molecule has 0 bridgehead atoms. The molecule has 0 unspecified atom stereocenters. The van der Waals surface area contributed by atoms with E-state index >= 15 is 0 Å². The number of nitrogens with zero attached hydrogens (tertiary/aromatic N) is 1. The molecule has 0 N–H and O–H groups in total. The van der Waals surface area contributed by atoms with Gasteiger partial charge in [-0.3, -0.25) is 4.79 Å². The second-order valence-electron chi connectivity index (χ2n) is 5.79. The minimum absolute atomic E-state index is 0.0831. The first-order valence-corrected chi connectivity index (χ1v) is 6.02. The highest BCUT2D eigenvalue weighted by Gasteiger charge is 2.52. The molecule has 0 atom stereocenters. The molecule has 0 aliphatic carbocycles. The highest BCUT2D eigenvalue weighted by atomic mass is 16.7. The first kappa shape index (κ1) is 13.4. The van der Waals surface area contributed by atoms with Crippen molar-refractivity contribution in [1.82, 2.24) is 4.57 Å². The Hall–Kier alpha value is -1.07. The molecule has 18 heavy (non-hydrogen) atoms. The van der Waals surface area contributed by atoms with Crippen LogP contribution in [-0.2, 0) is 16.4 Å². The summed E-state index contributed by atoms with van der Waals surface area (Å²) in [5.74, 6) is 0. The molecule has 0 amide bonds. The van der Waals surface area contributed by atoms with Crippen molar-refractivity contribution < 1.29 is 9.31 Å². The third-order valence-electron chi connectivity index (χ3n) is 3.86. The zero-order chi connectivity index (χ0) is 13.7. The number of rotatable bonds is 1. The Morgan fingerprint density at radius 2 is 1.72 bits per heavy atom. The van der Waals surface area contributed by atoms with Crippen molar-refractivity contribution in [2.75, 3.05) is 0 Å². The smallest absolute Gasteiger partial charge is 0.399 e. The predicted molar refractivity (Wildman–Crippen MR) is 71.9 cm³/mol. The van der Waals surface area contributed by atoms with Crippen LogP contribution in [0.25, 0.3) is 0 Å². The number of aryl methyl sites for hydroxylation is 1. The molecule has 1 aliphatic heterocycles. The zero-order valence-corrected chi connectivity index (χ0v) is 11.6. The van der Waals surface area contributed by atoms with Crippen LogP contribution in [0.1, 0.15) is 33.3 Å². The molecule has 4 nitrogen and oxygen atoms in total. The van der Waals surface area contributed by atoms with Gasteiger partial charge in [-0.15, -0.1) is 0 Å². The van der Waals surface area contributed by atoms with Gasteiger partial charge in [0.1, 0.15) is 0 Å². The van der Waals surface area contributed by atoms with Crippen LogP contribution in [0.5, 0.6) is 0 Å². The van der Waals surface area contributed by atoms with Gasteiger partial charge >= 0.3 is 7.12 Å². The van der Waals surface area contributed by atoms with Crippen molar-refractivity contribution in [3.05, 3.63) is 35.1 Å². The molecule has 2 heterocycles. The maximum absolute atomic E-state index is 11.5. The molecular formula is C13H19BNO3. The van der Waals surface area contributed by atoms with Gasteiger partial charge in [-0.2, -0.15) is 0 Å². The second kappa shape index (κ2) is 3.97. The Balaban J connectivity index is 2.41. The molecule has 1 aromatic rings. The lowest BCUT2D eigenvalue weighted by molar-refractivity contribution is 0.00578. The average molecular weight is 248 g/mol. The summed E-state index contributed by atoms with van der Waals surface area (Å²) in [6.07, 6.45) is 1.73. The summed E-state index contributed by atoms with van der Waals surface area (Å²) in [6.45, 7) is 11.9. The van der Waals surface area contributed by atoms with Gasteiger partial charge in [-0.1, -0.05) is 0 Å². The van der Waals surface area contributed by atoms with Crippen LogP contribution in [0.3, 0.4) is 0 Å². The van der Waals surface area contributed by atoms with Crippen molar-refractivity contribution in [3.8, 4) is 0 Å². The van der Waals surface area contributed by atoms with Crippen LogP contribution < -0.4 is 11.0 Å². The maximum atomic E-state index is 11.5. The lowest BCUT2D eigenvalue weighted by atomic mass is 9.77. The van der Waals surface area contributed by atoms with E-state index in [1.165, 1.54) is 10.6 Å². The molecule has 5 heteroatoms. The summed E-state index contributed by atoms with van der Waals surface area (Å²) >= 11 is 0. The van der Waals surface area contributed by atoms with Crippen molar-refractivity contribution in [2.45, 2.75) is 38.9 Å². The van der Waals surface area contributed by atoms with E-state index in [2.05, 4.69) is 6.92 Å². The number of aromatic nitrogens is 1. The van der Waals surface area contributed by atoms with Crippen LogP contribution in [0.2, 0.25) is 0 Å². The molecule has 1 aliphatic rings. The van der Waals surface area contributed by atoms with Crippen LogP contribution in [0.4, 0.5) is 0 Å². The topological polar surface area (TPSA) is 40.5 Å².